The van der Waals surface area contributed by atoms with Crippen molar-refractivity contribution in [1.82, 2.24) is 5.32 Å². The van der Waals surface area contributed by atoms with E-state index in [1.54, 1.807) is 13.2 Å². The van der Waals surface area contributed by atoms with Gasteiger partial charge in [0.2, 0.25) is 0 Å². The van der Waals surface area contributed by atoms with E-state index in [1.165, 1.54) is 17.3 Å². The van der Waals surface area contributed by atoms with E-state index in [9.17, 15) is 4.79 Å². The van der Waals surface area contributed by atoms with E-state index in [0.717, 1.165) is 22.4 Å². The average molecular weight is 479 g/mol. The van der Waals surface area contributed by atoms with E-state index in [1.807, 2.05) is 55.5 Å². The van der Waals surface area contributed by atoms with Crippen LogP contribution >= 0.6 is 23.4 Å². The van der Waals surface area contributed by atoms with Gasteiger partial charge < -0.3 is 14.8 Å². The molecule has 1 aliphatic rings. The van der Waals surface area contributed by atoms with E-state index in [2.05, 4.69) is 29.4 Å². The molecule has 1 saturated heterocycles. The van der Waals surface area contributed by atoms with Crippen LogP contribution in [0.5, 0.6) is 11.5 Å². The molecule has 33 heavy (non-hydrogen) atoms. The molecular formula is C26H23ClN2O3S. The van der Waals surface area contributed by atoms with Crippen LogP contribution in [0.1, 0.15) is 22.3 Å². The first-order chi connectivity index (χ1) is 15.9. The third kappa shape index (κ3) is 5.78. The molecule has 0 spiro atoms. The largest absolute Gasteiger partial charge is 0.493 e. The lowest BCUT2D eigenvalue weighted by Gasteiger charge is -2.12. The molecule has 1 heterocycles. The van der Waals surface area contributed by atoms with Gasteiger partial charge in [0.15, 0.2) is 16.7 Å². The minimum absolute atomic E-state index is 0.191. The quantitative estimate of drug-likeness (QED) is 0.414. The lowest BCUT2D eigenvalue weighted by Crippen LogP contribution is -2.19. The van der Waals surface area contributed by atoms with Crippen molar-refractivity contribution in [2.75, 3.05) is 7.11 Å². The van der Waals surface area contributed by atoms with Crippen molar-refractivity contribution in [3.05, 3.63) is 92.8 Å². The van der Waals surface area contributed by atoms with Gasteiger partial charge in [0, 0.05) is 5.02 Å². The molecule has 0 atom stereocenters. The summed E-state index contributed by atoms with van der Waals surface area (Å²) in [5.41, 5.74) is 4.81. The second-order valence-corrected chi connectivity index (χ2v) is 9.07. The number of nitrogens with one attached hydrogen (secondary N) is 1. The Hall–Kier alpha value is -3.22. The molecule has 3 aromatic rings. The highest BCUT2D eigenvalue weighted by atomic mass is 35.5. The molecule has 0 bridgehead atoms. The number of aliphatic imine (C=N–C) groups is 1. The van der Waals surface area contributed by atoms with Gasteiger partial charge >= 0.3 is 0 Å². The molecule has 1 amide bonds. The second kappa shape index (κ2) is 10.1. The van der Waals surface area contributed by atoms with Gasteiger partial charge in [-0.05, 0) is 78.7 Å². The number of aryl methyl sites for hydroxylation is 2. The number of carbonyl (C=O) groups excluding carboxylic acids is 1. The number of hydrogen-bond donors (Lipinski definition) is 1. The first-order valence-electron chi connectivity index (χ1n) is 10.3. The van der Waals surface area contributed by atoms with Crippen LogP contribution in [0.4, 0.5) is 5.69 Å². The van der Waals surface area contributed by atoms with Crippen molar-refractivity contribution in [2.24, 2.45) is 4.99 Å². The number of carbonyl (C=O) groups is 1. The lowest BCUT2D eigenvalue weighted by atomic mass is 10.1. The van der Waals surface area contributed by atoms with Gasteiger partial charge in [0.25, 0.3) is 5.91 Å². The van der Waals surface area contributed by atoms with Crippen molar-refractivity contribution >= 4 is 46.2 Å². The lowest BCUT2D eigenvalue weighted by molar-refractivity contribution is -0.115. The summed E-state index contributed by atoms with van der Waals surface area (Å²) in [6, 6.07) is 19.2. The summed E-state index contributed by atoms with van der Waals surface area (Å²) in [4.78, 5) is 17.6. The Morgan fingerprint density at radius 3 is 2.67 bits per heavy atom. The maximum atomic E-state index is 12.5. The Labute approximate surface area is 202 Å². The number of thioether (sulfide) groups is 1. The summed E-state index contributed by atoms with van der Waals surface area (Å²) in [7, 11) is 1.60. The Bertz CT molecular complexity index is 1270. The highest BCUT2D eigenvalue weighted by Gasteiger charge is 2.24. The Kier molecular flexibility index (Phi) is 7.06. The van der Waals surface area contributed by atoms with E-state index in [-0.39, 0.29) is 5.91 Å². The zero-order valence-corrected chi connectivity index (χ0v) is 20.1. The van der Waals surface area contributed by atoms with Crippen molar-refractivity contribution in [2.45, 2.75) is 20.5 Å². The van der Waals surface area contributed by atoms with Crippen LogP contribution < -0.4 is 14.8 Å². The number of nitrogens with zero attached hydrogens (tertiary/aromatic N) is 1. The summed E-state index contributed by atoms with van der Waals surface area (Å²) < 4.78 is 11.5. The predicted molar refractivity (Wildman–Crippen MR) is 135 cm³/mol. The zero-order chi connectivity index (χ0) is 23.4. The number of amides is 1. The van der Waals surface area contributed by atoms with Crippen LogP contribution in [-0.4, -0.2) is 18.2 Å². The molecule has 0 aliphatic carbocycles. The first-order valence-corrected chi connectivity index (χ1v) is 11.5. The maximum Gasteiger partial charge on any atom is 0.264 e. The second-order valence-electron chi connectivity index (χ2n) is 7.60. The van der Waals surface area contributed by atoms with Crippen LogP contribution in [0.3, 0.4) is 0 Å². The third-order valence-electron chi connectivity index (χ3n) is 4.99. The number of amidine groups is 1. The molecule has 3 aromatic carbocycles. The summed E-state index contributed by atoms with van der Waals surface area (Å²) in [6.45, 7) is 4.43. The molecule has 0 unspecified atom stereocenters. The summed E-state index contributed by atoms with van der Waals surface area (Å²) >= 11 is 7.30. The maximum absolute atomic E-state index is 12.5. The van der Waals surface area contributed by atoms with Gasteiger partial charge in [-0.2, -0.15) is 0 Å². The summed E-state index contributed by atoms with van der Waals surface area (Å²) in [5, 5.41) is 4.00. The zero-order valence-electron chi connectivity index (χ0n) is 18.5. The molecule has 0 saturated carbocycles. The van der Waals surface area contributed by atoms with E-state index < -0.39 is 0 Å². The van der Waals surface area contributed by atoms with Crippen molar-refractivity contribution in [3.63, 3.8) is 0 Å². The fourth-order valence-corrected chi connectivity index (χ4v) is 4.40. The molecular weight excluding hydrogens is 456 g/mol. The molecule has 1 N–H and O–H groups in total. The minimum atomic E-state index is -0.191. The van der Waals surface area contributed by atoms with Gasteiger partial charge in [-0.15, -0.1) is 0 Å². The molecule has 1 fully saturated rings. The van der Waals surface area contributed by atoms with Crippen LogP contribution in [0, 0.1) is 13.8 Å². The summed E-state index contributed by atoms with van der Waals surface area (Å²) in [5.74, 6) is 1.06. The topological polar surface area (TPSA) is 59.9 Å². The van der Waals surface area contributed by atoms with Gasteiger partial charge in [-0.1, -0.05) is 47.5 Å². The highest BCUT2D eigenvalue weighted by Crippen LogP contribution is 2.33. The molecule has 1 aliphatic heterocycles. The Morgan fingerprint density at radius 1 is 1.06 bits per heavy atom. The molecule has 7 heteroatoms. The molecule has 0 radical (unpaired) electrons. The SMILES string of the molecule is COc1cc(/C=C2\SC(=Nc3ccc(Cl)cc3C)NC2=O)ccc1OCc1cccc(C)c1. The smallest absolute Gasteiger partial charge is 0.264 e. The van der Waals surface area contributed by atoms with Crippen molar-refractivity contribution in [3.8, 4) is 11.5 Å². The number of halogens is 1. The number of benzene rings is 3. The molecule has 0 aromatic heterocycles. The molecule has 168 valence electrons. The Balaban J connectivity index is 1.50. The van der Waals surface area contributed by atoms with E-state index in [0.29, 0.717) is 33.2 Å². The Morgan fingerprint density at radius 2 is 1.91 bits per heavy atom. The fraction of sp³-hybridized carbons (Fsp3) is 0.154. The molecule has 4 rings (SSSR count). The predicted octanol–water partition coefficient (Wildman–Crippen LogP) is 6.44. The number of rotatable bonds is 6. The standard InChI is InChI=1S/C26H23ClN2O3S/c1-16-5-4-6-19(11-16)15-32-22-10-7-18(13-23(22)31-3)14-24-25(30)29-26(33-24)28-21-9-8-20(27)12-17(21)2/h4-14H,15H2,1-3H3,(H,28,29,30)/b24-14-. The normalized spacial score (nSPS) is 15.7. The first kappa shape index (κ1) is 23.0. The monoisotopic (exact) mass is 478 g/mol. The van der Waals surface area contributed by atoms with Gasteiger partial charge in [-0.3, -0.25) is 4.79 Å². The van der Waals surface area contributed by atoms with E-state index >= 15 is 0 Å². The van der Waals surface area contributed by atoms with Crippen LogP contribution in [-0.2, 0) is 11.4 Å². The highest BCUT2D eigenvalue weighted by molar-refractivity contribution is 8.18. The van der Waals surface area contributed by atoms with Crippen molar-refractivity contribution in [1.29, 1.82) is 0 Å². The number of methoxy groups -OCH3 is 1. The van der Waals surface area contributed by atoms with E-state index in [4.69, 9.17) is 21.1 Å². The van der Waals surface area contributed by atoms with Crippen LogP contribution in [0.2, 0.25) is 5.02 Å². The summed E-state index contributed by atoms with van der Waals surface area (Å²) in [6.07, 6.45) is 1.81. The van der Waals surface area contributed by atoms with Gasteiger partial charge in [-0.25, -0.2) is 4.99 Å². The van der Waals surface area contributed by atoms with Crippen LogP contribution in [0.25, 0.3) is 6.08 Å². The van der Waals surface area contributed by atoms with Gasteiger partial charge in [0.05, 0.1) is 17.7 Å². The molecule has 5 nitrogen and oxygen atoms in total. The number of hydrogen-bond acceptors (Lipinski definition) is 5. The minimum Gasteiger partial charge on any atom is -0.493 e. The van der Waals surface area contributed by atoms with Crippen LogP contribution in [0.15, 0.2) is 70.6 Å². The third-order valence-corrected chi connectivity index (χ3v) is 6.14. The number of ether oxygens (including phenoxy) is 2. The van der Waals surface area contributed by atoms with Gasteiger partial charge in [0.1, 0.15) is 6.61 Å². The average Bonchev–Trinajstić information content (AvgIpc) is 3.13. The van der Waals surface area contributed by atoms with Crippen molar-refractivity contribution < 1.29 is 14.3 Å². The fourth-order valence-electron chi connectivity index (χ4n) is 3.34.